The van der Waals surface area contributed by atoms with Crippen LogP contribution >= 0.6 is 0 Å². The van der Waals surface area contributed by atoms with Gasteiger partial charge in [0.1, 0.15) is 5.56 Å². The number of likely N-dealkylation sites (N-methyl/N-ethyl adjacent to an activating group) is 1. The minimum atomic E-state index is -0.549. The monoisotopic (exact) mass is 403 g/mol. The molecule has 0 aliphatic carbocycles. The number of carbonyl (C=O) groups excluding carboxylic acids is 2. The molecule has 8 nitrogen and oxygen atoms in total. The van der Waals surface area contributed by atoms with Crippen LogP contribution in [0.2, 0.25) is 0 Å². The van der Waals surface area contributed by atoms with E-state index in [9.17, 15) is 14.4 Å². The SMILES string of the molecule is CCN(CC)C(=O)COc1c(OC)ccc2cc(C(=O)NC(C)(C)C)c(=O)[nH]c12. The van der Waals surface area contributed by atoms with Crippen molar-refractivity contribution in [2.75, 3.05) is 26.8 Å². The van der Waals surface area contributed by atoms with Crippen LogP contribution in [0.4, 0.5) is 0 Å². The molecule has 0 spiro atoms. The van der Waals surface area contributed by atoms with Crippen LogP contribution in [0.3, 0.4) is 0 Å². The van der Waals surface area contributed by atoms with E-state index in [1.165, 1.54) is 13.2 Å². The van der Waals surface area contributed by atoms with Gasteiger partial charge in [-0.05, 0) is 52.8 Å². The maximum atomic E-state index is 12.6. The Labute approximate surface area is 170 Å². The van der Waals surface area contributed by atoms with Crippen molar-refractivity contribution in [3.05, 3.63) is 34.1 Å². The van der Waals surface area contributed by atoms with Crippen LogP contribution in [0.1, 0.15) is 45.0 Å². The van der Waals surface area contributed by atoms with E-state index in [0.717, 1.165) is 0 Å². The third-order valence-electron chi connectivity index (χ3n) is 4.35. The zero-order valence-corrected chi connectivity index (χ0v) is 17.8. The summed E-state index contributed by atoms with van der Waals surface area (Å²) in [5, 5.41) is 3.37. The number of carbonyl (C=O) groups is 2. The molecule has 29 heavy (non-hydrogen) atoms. The average Bonchev–Trinajstić information content (AvgIpc) is 2.65. The van der Waals surface area contributed by atoms with Crippen molar-refractivity contribution in [2.45, 2.75) is 40.2 Å². The van der Waals surface area contributed by atoms with E-state index in [1.54, 1.807) is 17.0 Å². The number of nitrogens with zero attached hydrogens (tertiary/aromatic N) is 1. The molecule has 0 saturated heterocycles. The number of rotatable bonds is 7. The number of aromatic amines is 1. The predicted molar refractivity (Wildman–Crippen MR) is 112 cm³/mol. The van der Waals surface area contributed by atoms with E-state index < -0.39 is 17.0 Å². The number of methoxy groups -OCH3 is 1. The highest BCUT2D eigenvalue weighted by atomic mass is 16.5. The largest absolute Gasteiger partial charge is 0.493 e. The maximum Gasteiger partial charge on any atom is 0.261 e. The number of hydrogen-bond donors (Lipinski definition) is 2. The van der Waals surface area contributed by atoms with Crippen molar-refractivity contribution in [2.24, 2.45) is 0 Å². The molecule has 2 amide bonds. The van der Waals surface area contributed by atoms with Gasteiger partial charge in [-0.25, -0.2) is 0 Å². The van der Waals surface area contributed by atoms with Gasteiger partial charge in [0.2, 0.25) is 0 Å². The van der Waals surface area contributed by atoms with Gasteiger partial charge in [-0.2, -0.15) is 0 Å². The average molecular weight is 403 g/mol. The number of pyridine rings is 1. The molecule has 0 unspecified atom stereocenters. The Balaban J connectivity index is 2.45. The number of amides is 2. The molecule has 2 N–H and O–H groups in total. The van der Waals surface area contributed by atoms with Crippen molar-refractivity contribution in [1.29, 1.82) is 0 Å². The lowest BCUT2D eigenvalue weighted by molar-refractivity contribution is -0.132. The second-order valence-electron chi connectivity index (χ2n) is 7.63. The smallest absolute Gasteiger partial charge is 0.261 e. The maximum absolute atomic E-state index is 12.6. The molecule has 0 aliphatic rings. The van der Waals surface area contributed by atoms with Crippen molar-refractivity contribution >= 4 is 22.7 Å². The molecular weight excluding hydrogens is 374 g/mol. The Morgan fingerprint density at radius 3 is 2.38 bits per heavy atom. The minimum absolute atomic E-state index is 0.00255. The molecule has 8 heteroatoms. The molecule has 1 aromatic heterocycles. The molecule has 0 bridgehead atoms. The third-order valence-corrected chi connectivity index (χ3v) is 4.35. The lowest BCUT2D eigenvalue weighted by Gasteiger charge is -2.21. The lowest BCUT2D eigenvalue weighted by Crippen LogP contribution is -2.42. The third kappa shape index (κ3) is 5.28. The quantitative estimate of drug-likeness (QED) is 0.739. The number of benzene rings is 1. The highest BCUT2D eigenvalue weighted by Crippen LogP contribution is 2.34. The number of aromatic nitrogens is 1. The molecule has 0 saturated carbocycles. The first kappa shape index (κ1) is 22.3. The normalized spacial score (nSPS) is 11.2. The summed E-state index contributed by atoms with van der Waals surface area (Å²) >= 11 is 0. The van der Waals surface area contributed by atoms with Crippen LogP contribution in [-0.2, 0) is 4.79 Å². The van der Waals surface area contributed by atoms with Crippen LogP contribution in [0.5, 0.6) is 11.5 Å². The van der Waals surface area contributed by atoms with Crippen molar-refractivity contribution in [1.82, 2.24) is 15.2 Å². The summed E-state index contributed by atoms with van der Waals surface area (Å²) in [7, 11) is 1.48. The van der Waals surface area contributed by atoms with Crippen LogP contribution in [0.25, 0.3) is 10.9 Å². The minimum Gasteiger partial charge on any atom is -0.493 e. The van der Waals surface area contributed by atoms with E-state index in [2.05, 4.69) is 10.3 Å². The molecule has 0 fully saturated rings. The summed E-state index contributed by atoms with van der Waals surface area (Å²) in [4.78, 5) is 41.7. The van der Waals surface area contributed by atoms with Crippen LogP contribution in [0.15, 0.2) is 23.0 Å². The topological polar surface area (TPSA) is 101 Å². The molecule has 158 valence electrons. The fraction of sp³-hybridized carbons (Fsp3) is 0.476. The number of fused-ring (bicyclic) bond motifs is 1. The standard InChI is InChI=1S/C21H29N3O5/c1-7-24(8-2)16(25)12-29-18-15(28-6)10-9-13-11-14(19(26)22-17(13)18)20(27)23-21(3,4)5/h9-11H,7-8,12H2,1-6H3,(H,22,26)(H,23,27). The summed E-state index contributed by atoms with van der Waals surface area (Å²) in [5.74, 6) is 0.00556. The number of hydrogen-bond acceptors (Lipinski definition) is 5. The second kappa shape index (κ2) is 8.98. The Kier molecular flexibility index (Phi) is 6.89. The van der Waals surface area contributed by atoms with Crippen LogP contribution in [0, 0.1) is 0 Å². The number of nitrogens with one attached hydrogen (secondary N) is 2. The molecule has 2 rings (SSSR count). The predicted octanol–water partition coefficient (Wildman–Crippen LogP) is 2.31. The fourth-order valence-electron chi connectivity index (χ4n) is 2.91. The van der Waals surface area contributed by atoms with Crippen molar-refractivity contribution < 1.29 is 19.1 Å². The molecule has 0 atom stereocenters. The van der Waals surface area contributed by atoms with Crippen LogP contribution in [-0.4, -0.2) is 54.0 Å². The summed E-state index contributed by atoms with van der Waals surface area (Å²) in [6.45, 7) is 10.3. The molecule has 1 heterocycles. The first-order chi connectivity index (χ1) is 13.6. The van der Waals surface area contributed by atoms with Crippen molar-refractivity contribution in [3.63, 3.8) is 0 Å². The van der Waals surface area contributed by atoms with Gasteiger partial charge in [-0.15, -0.1) is 0 Å². The second-order valence-corrected chi connectivity index (χ2v) is 7.63. The van der Waals surface area contributed by atoms with E-state index in [0.29, 0.717) is 29.7 Å². The Morgan fingerprint density at radius 2 is 1.83 bits per heavy atom. The summed E-state index contributed by atoms with van der Waals surface area (Å²) in [6, 6.07) is 4.90. The van der Waals surface area contributed by atoms with Crippen LogP contribution < -0.4 is 20.3 Å². The number of H-pyrrole nitrogens is 1. The molecule has 1 aromatic carbocycles. The first-order valence-corrected chi connectivity index (χ1v) is 9.58. The Hall–Kier alpha value is -3.03. The van der Waals surface area contributed by atoms with E-state index in [-0.39, 0.29) is 23.8 Å². The molecule has 0 aliphatic heterocycles. The highest BCUT2D eigenvalue weighted by Gasteiger charge is 2.21. The summed E-state index contributed by atoms with van der Waals surface area (Å²) in [5.41, 5.74) is -0.651. The number of ether oxygens (including phenoxy) is 2. The van der Waals surface area contributed by atoms with E-state index >= 15 is 0 Å². The van der Waals surface area contributed by atoms with Gasteiger partial charge in [-0.3, -0.25) is 14.4 Å². The van der Waals surface area contributed by atoms with Gasteiger partial charge >= 0.3 is 0 Å². The summed E-state index contributed by atoms with van der Waals surface area (Å²) in [6.07, 6.45) is 0. The Morgan fingerprint density at radius 1 is 1.17 bits per heavy atom. The lowest BCUT2D eigenvalue weighted by atomic mass is 10.1. The van der Waals surface area contributed by atoms with Gasteiger partial charge < -0.3 is 24.7 Å². The van der Waals surface area contributed by atoms with Gasteiger partial charge in [0.15, 0.2) is 18.1 Å². The van der Waals surface area contributed by atoms with E-state index in [4.69, 9.17) is 9.47 Å². The summed E-state index contributed by atoms with van der Waals surface area (Å²) < 4.78 is 11.1. The molecule has 0 radical (unpaired) electrons. The first-order valence-electron chi connectivity index (χ1n) is 9.58. The molecular formula is C21H29N3O5. The van der Waals surface area contributed by atoms with Gasteiger partial charge in [0.25, 0.3) is 17.4 Å². The van der Waals surface area contributed by atoms with Crippen molar-refractivity contribution in [3.8, 4) is 11.5 Å². The Bertz CT molecular complexity index is 955. The van der Waals surface area contributed by atoms with E-state index in [1.807, 2.05) is 34.6 Å². The zero-order valence-electron chi connectivity index (χ0n) is 17.8. The van der Waals surface area contributed by atoms with Gasteiger partial charge in [-0.1, -0.05) is 0 Å². The highest BCUT2D eigenvalue weighted by molar-refractivity contribution is 5.99. The van der Waals surface area contributed by atoms with Gasteiger partial charge in [0.05, 0.1) is 12.6 Å². The zero-order chi connectivity index (χ0) is 21.8. The van der Waals surface area contributed by atoms with Gasteiger partial charge in [0, 0.05) is 24.0 Å². The fourth-order valence-corrected chi connectivity index (χ4v) is 2.91. The molecule has 2 aromatic rings.